The first-order chi connectivity index (χ1) is 8.42. The average Bonchev–Trinajstić information content (AvgIpc) is 2.30. The number of hydrogen-bond acceptors (Lipinski definition) is 4. The Morgan fingerprint density at radius 1 is 1.28 bits per heavy atom. The normalized spacial score (nSPS) is 11.5. The first kappa shape index (κ1) is 14.5. The zero-order valence-corrected chi connectivity index (χ0v) is 11.3. The molecule has 1 rings (SSSR count). The Bertz CT molecular complexity index is 522. The molecule has 1 aromatic carbocycles. The molecule has 0 aliphatic heterocycles. The Morgan fingerprint density at radius 3 is 2.33 bits per heavy atom. The van der Waals surface area contributed by atoms with E-state index in [9.17, 15) is 13.2 Å². The Labute approximate surface area is 107 Å². The molecule has 0 saturated carbocycles. The van der Waals surface area contributed by atoms with Gasteiger partial charge in [0.1, 0.15) is 4.90 Å². The van der Waals surface area contributed by atoms with Crippen molar-refractivity contribution in [1.82, 2.24) is 4.72 Å². The van der Waals surface area contributed by atoms with Crippen LogP contribution in [0.1, 0.15) is 26.7 Å². The molecule has 5 nitrogen and oxygen atoms in total. The molecule has 0 saturated heterocycles. The van der Waals surface area contributed by atoms with Crippen molar-refractivity contribution in [2.24, 2.45) is 5.92 Å². The van der Waals surface area contributed by atoms with E-state index in [4.69, 9.17) is 5.73 Å². The Balaban J connectivity index is 2.97. The van der Waals surface area contributed by atoms with Crippen molar-refractivity contribution in [2.75, 3.05) is 5.73 Å². The van der Waals surface area contributed by atoms with Crippen molar-refractivity contribution < 1.29 is 13.2 Å². The predicted octanol–water partition coefficient (Wildman–Crippen LogP) is 1.51. The smallest absolute Gasteiger partial charge is 0.266 e. The van der Waals surface area contributed by atoms with E-state index in [0.717, 1.165) is 0 Å². The molecule has 0 radical (unpaired) electrons. The summed E-state index contributed by atoms with van der Waals surface area (Å²) < 4.78 is 26.0. The number of nitrogen functional groups attached to an aromatic ring is 1. The summed E-state index contributed by atoms with van der Waals surface area (Å²) in [4.78, 5) is 11.7. The van der Waals surface area contributed by atoms with Gasteiger partial charge in [-0.25, -0.2) is 13.1 Å². The number of anilines is 1. The summed E-state index contributed by atoms with van der Waals surface area (Å²) in [7, 11) is -3.88. The zero-order chi connectivity index (χ0) is 13.8. The average molecular weight is 270 g/mol. The molecule has 1 aromatic rings. The number of amides is 1. The van der Waals surface area contributed by atoms with Crippen molar-refractivity contribution in [3.05, 3.63) is 24.3 Å². The number of carbonyl (C=O) groups excluding carboxylic acids is 1. The number of nitrogens with one attached hydrogen (secondary N) is 1. The largest absolute Gasteiger partial charge is 0.398 e. The lowest BCUT2D eigenvalue weighted by molar-refractivity contribution is -0.123. The third-order valence-electron chi connectivity index (χ3n) is 2.80. The monoisotopic (exact) mass is 270 g/mol. The van der Waals surface area contributed by atoms with Crippen molar-refractivity contribution in [3.8, 4) is 0 Å². The molecule has 6 heteroatoms. The number of para-hydroxylation sites is 1. The molecule has 0 atom stereocenters. The molecule has 18 heavy (non-hydrogen) atoms. The zero-order valence-electron chi connectivity index (χ0n) is 10.5. The van der Waals surface area contributed by atoms with Crippen LogP contribution in [0.2, 0.25) is 0 Å². The molecule has 3 N–H and O–H groups in total. The number of sulfonamides is 1. The fourth-order valence-corrected chi connectivity index (χ4v) is 2.83. The van der Waals surface area contributed by atoms with E-state index in [0.29, 0.717) is 12.8 Å². The standard InChI is InChI=1S/C12H18N2O3S/c1-3-9(4-2)12(15)14-18(16,17)11-8-6-5-7-10(11)13/h5-9H,3-4,13H2,1-2H3,(H,14,15). The molecule has 0 heterocycles. The molecule has 0 bridgehead atoms. The molecule has 0 unspecified atom stereocenters. The molecule has 0 spiro atoms. The minimum Gasteiger partial charge on any atom is -0.398 e. The third-order valence-corrected chi connectivity index (χ3v) is 4.22. The van der Waals surface area contributed by atoms with Crippen molar-refractivity contribution in [2.45, 2.75) is 31.6 Å². The first-order valence-corrected chi connectivity index (χ1v) is 7.31. The fourth-order valence-electron chi connectivity index (χ4n) is 1.66. The lowest BCUT2D eigenvalue weighted by Gasteiger charge is -2.13. The molecule has 1 amide bonds. The molecule has 100 valence electrons. The minimum atomic E-state index is -3.88. The van der Waals surface area contributed by atoms with Gasteiger partial charge in [0.2, 0.25) is 5.91 Å². The van der Waals surface area contributed by atoms with E-state index in [2.05, 4.69) is 4.72 Å². The van der Waals surface area contributed by atoms with E-state index in [1.54, 1.807) is 12.1 Å². The van der Waals surface area contributed by atoms with E-state index in [1.807, 2.05) is 13.8 Å². The number of nitrogens with two attached hydrogens (primary N) is 1. The summed E-state index contributed by atoms with van der Waals surface area (Å²) in [5, 5.41) is 0. The summed E-state index contributed by atoms with van der Waals surface area (Å²) in [6.45, 7) is 3.69. The lowest BCUT2D eigenvalue weighted by atomic mass is 10.0. The van der Waals surface area contributed by atoms with Crippen LogP contribution in [-0.2, 0) is 14.8 Å². The second-order valence-electron chi connectivity index (χ2n) is 4.02. The van der Waals surface area contributed by atoms with Gasteiger partial charge in [0.05, 0.1) is 5.69 Å². The highest BCUT2D eigenvalue weighted by Crippen LogP contribution is 2.18. The van der Waals surface area contributed by atoms with Gasteiger partial charge in [-0.3, -0.25) is 4.79 Å². The summed E-state index contributed by atoms with van der Waals surface area (Å²) in [6, 6.07) is 6.05. The number of rotatable bonds is 5. The van der Waals surface area contributed by atoms with Crippen LogP contribution in [0.3, 0.4) is 0 Å². The van der Waals surface area contributed by atoms with Gasteiger partial charge in [0, 0.05) is 5.92 Å². The van der Waals surface area contributed by atoms with Crippen LogP contribution in [0.5, 0.6) is 0 Å². The van der Waals surface area contributed by atoms with Gasteiger partial charge < -0.3 is 5.73 Å². The molecular weight excluding hydrogens is 252 g/mol. The number of carbonyl (C=O) groups is 1. The maximum Gasteiger partial charge on any atom is 0.266 e. The second kappa shape index (κ2) is 5.86. The summed E-state index contributed by atoms with van der Waals surface area (Å²) >= 11 is 0. The molecule has 0 aliphatic rings. The highest BCUT2D eigenvalue weighted by Gasteiger charge is 2.23. The third kappa shape index (κ3) is 3.22. The highest BCUT2D eigenvalue weighted by atomic mass is 32.2. The van der Waals surface area contributed by atoms with E-state index in [1.165, 1.54) is 12.1 Å². The Morgan fingerprint density at radius 2 is 1.83 bits per heavy atom. The van der Waals surface area contributed by atoms with Crippen molar-refractivity contribution >= 4 is 21.6 Å². The number of hydrogen-bond donors (Lipinski definition) is 2. The minimum absolute atomic E-state index is 0.0655. The van der Waals surface area contributed by atoms with Crippen LogP contribution in [-0.4, -0.2) is 14.3 Å². The van der Waals surface area contributed by atoms with E-state index in [-0.39, 0.29) is 16.5 Å². The molecule has 0 aliphatic carbocycles. The summed E-state index contributed by atoms with van der Waals surface area (Å²) in [5.74, 6) is -0.784. The van der Waals surface area contributed by atoms with Crippen LogP contribution >= 0.6 is 0 Å². The Hall–Kier alpha value is -1.56. The van der Waals surface area contributed by atoms with Gasteiger partial charge >= 0.3 is 0 Å². The van der Waals surface area contributed by atoms with Gasteiger partial charge in [-0.05, 0) is 25.0 Å². The van der Waals surface area contributed by atoms with Gasteiger partial charge in [-0.1, -0.05) is 26.0 Å². The van der Waals surface area contributed by atoms with Crippen molar-refractivity contribution in [1.29, 1.82) is 0 Å². The first-order valence-electron chi connectivity index (χ1n) is 5.83. The highest BCUT2D eigenvalue weighted by molar-refractivity contribution is 7.90. The van der Waals surface area contributed by atoms with Crippen LogP contribution in [0, 0.1) is 5.92 Å². The van der Waals surface area contributed by atoms with Gasteiger partial charge in [0.25, 0.3) is 10.0 Å². The quantitative estimate of drug-likeness (QED) is 0.794. The number of benzene rings is 1. The van der Waals surface area contributed by atoms with Crippen LogP contribution in [0.15, 0.2) is 29.2 Å². The molecule has 0 fully saturated rings. The maximum atomic E-state index is 12.0. The van der Waals surface area contributed by atoms with Crippen LogP contribution in [0.25, 0.3) is 0 Å². The summed E-state index contributed by atoms with van der Waals surface area (Å²) in [6.07, 6.45) is 1.20. The van der Waals surface area contributed by atoms with Gasteiger partial charge in [-0.2, -0.15) is 0 Å². The van der Waals surface area contributed by atoms with Gasteiger partial charge in [0.15, 0.2) is 0 Å². The van der Waals surface area contributed by atoms with E-state index < -0.39 is 15.9 Å². The summed E-state index contributed by atoms with van der Waals surface area (Å²) in [5.41, 5.74) is 5.72. The lowest BCUT2D eigenvalue weighted by Crippen LogP contribution is -2.35. The predicted molar refractivity (Wildman–Crippen MR) is 70.3 cm³/mol. The molecular formula is C12H18N2O3S. The van der Waals surface area contributed by atoms with Crippen LogP contribution in [0.4, 0.5) is 5.69 Å². The van der Waals surface area contributed by atoms with Crippen LogP contribution < -0.4 is 10.5 Å². The Kier molecular flexibility index (Phi) is 4.72. The fraction of sp³-hybridized carbons (Fsp3) is 0.417. The molecule has 0 aromatic heterocycles. The second-order valence-corrected chi connectivity index (χ2v) is 5.67. The maximum absolute atomic E-state index is 12.0. The topological polar surface area (TPSA) is 89.3 Å². The van der Waals surface area contributed by atoms with Crippen molar-refractivity contribution in [3.63, 3.8) is 0 Å². The van der Waals surface area contributed by atoms with Gasteiger partial charge in [-0.15, -0.1) is 0 Å². The van der Waals surface area contributed by atoms with E-state index >= 15 is 0 Å². The SMILES string of the molecule is CCC(CC)C(=O)NS(=O)(=O)c1ccccc1N.